The van der Waals surface area contributed by atoms with Crippen LogP contribution in [0, 0.1) is 28.5 Å². The highest BCUT2D eigenvalue weighted by Crippen LogP contribution is 2.50. The van der Waals surface area contributed by atoms with Crippen LogP contribution in [0.4, 0.5) is 4.39 Å². The van der Waals surface area contributed by atoms with E-state index in [4.69, 9.17) is 5.26 Å². The van der Waals surface area contributed by atoms with Gasteiger partial charge in [0.1, 0.15) is 12.1 Å². The van der Waals surface area contributed by atoms with Crippen LogP contribution in [0.25, 0.3) is 11.1 Å². The smallest absolute Gasteiger partial charge is 0.159 e. The van der Waals surface area contributed by atoms with Crippen molar-refractivity contribution < 1.29 is 4.39 Å². The van der Waals surface area contributed by atoms with Crippen LogP contribution >= 0.6 is 0 Å². The Bertz CT molecular complexity index is 820. The van der Waals surface area contributed by atoms with Gasteiger partial charge in [0.25, 0.3) is 0 Å². The third-order valence-corrected chi connectivity index (χ3v) is 4.01. The van der Waals surface area contributed by atoms with E-state index < -0.39 is 11.2 Å². The molecule has 0 aliphatic heterocycles. The second-order valence-electron chi connectivity index (χ2n) is 5.43. The van der Waals surface area contributed by atoms with Crippen LogP contribution in [0.3, 0.4) is 0 Å². The molecule has 0 atom stereocenters. The van der Waals surface area contributed by atoms with Crippen molar-refractivity contribution in [3.63, 3.8) is 0 Å². The lowest BCUT2D eigenvalue weighted by Gasteiger charge is -2.22. The predicted molar refractivity (Wildman–Crippen MR) is 73.4 cm³/mol. The number of fused-ring (bicyclic) bond motifs is 3. The van der Waals surface area contributed by atoms with Crippen LogP contribution < -0.4 is 0 Å². The van der Waals surface area contributed by atoms with E-state index in [1.54, 1.807) is 6.07 Å². The molecule has 0 aromatic heterocycles. The molecule has 3 rings (SSSR count). The van der Waals surface area contributed by atoms with E-state index in [9.17, 15) is 9.65 Å². The largest absolute Gasteiger partial charge is 0.204 e. The van der Waals surface area contributed by atoms with Crippen LogP contribution in [0.2, 0.25) is 0 Å². The van der Waals surface area contributed by atoms with Gasteiger partial charge in [-0.2, -0.15) is 10.5 Å². The molecule has 20 heavy (non-hydrogen) atoms. The molecule has 0 heterocycles. The van der Waals surface area contributed by atoms with Gasteiger partial charge in [-0.3, -0.25) is 0 Å². The quantitative estimate of drug-likeness (QED) is 0.723. The molecule has 2 nitrogen and oxygen atoms in total. The Morgan fingerprint density at radius 2 is 1.75 bits per heavy atom. The molecular formula is C17H11FN2. The first-order chi connectivity index (χ1) is 9.52. The van der Waals surface area contributed by atoms with E-state index in [2.05, 4.69) is 0 Å². The Labute approximate surface area is 116 Å². The Morgan fingerprint density at radius 1 is 1.05 bits per heavy atom. The van der Waals surface area contributed by atoms with Gasteiger partial charge in [-0.15, -0.1) is 0 Å². The number of nitrogens with zero attached hydrogens (tertiary/aromatic N) is 2. The molecular weight excluding hydrogens is 251 g/mol. The summed E-state index contributed by atoms with van der Waals surface area (Å²) in [4.78, 5) is 0. The van der Waals surface area contributed by atoms with Gasteiger partial charge in [-0.05, 0) is 28.3 Å². The van der Waals surface area contributed by atoms with Gasteiger partial charge in [-0.1, -0.05) is 38.1 Å². The van der Waals surface area contributed by atoms with Gasteiger partial charge < -0.3 is 0 Å². The number of nitriles is 2. The first-order valence-electron chi connectivity index (χ1n) is 6.29. The minimum absolute atomic E-state index is 0.0137. The lowest BCUT2D eigenvalue weighted by Crippen LogP contribution is -2.17. The number of benzene rings is 2. The second kappa shape index (κ2) is 3.92. The molecule has 96 valence electrons. The minimum Gasteiger partial charge on any atom is -0.204 e. The average Bonchev–Trinajstić information content (AvgIpc) is 2.68. The van der Waals surface area contributed by atoms with E-state index in [-0.39, 0.29) is 11.1 Å². The molecule has 0 N–H and O–H groups in total. The lowest BCUT2D eigenvalue weighted by atomic mass is 9.80. The number of hydrogen-bond acceptors (Lipinski definition) is 2. The molecule has 0 amide bonds. The van der Waals surface area contributed by atoms with E-state index in [1.807, 2.05) is 50.3 Å². The van der Waals surface area contributed by atoms with Gasteiger partial charge in [0.2, 0.25) is 0 Å². The first-order valence-corrected chi connectivity index (χ1v) is 6.29. The number of rotatable bonds is 0. The summed E-state index contributed by atoms with van der Waals surface area (Å²) >= 11 is 0. The number of hydrogen-bond donors (Lipinski definition) is 0. The molecule has 2 aromatic carbocycles. The molecule has 3 heteroatoms. The summed E-state index contributed by atoms with van der Waals surface area (Å²) in [6.07, 6.45) is 0. The summed E-state index contributed by atoms with van der Waals surface area (Å²) in [5.74, 6) is -0.713. The number of halogens is 1. The summed E-state index contributed by atoms with van der Waals surface area (Å²) in [6.45, 7) is 3.95. The summed E-state index contributed by atoms with van der Waals surface area (Å²) in [5, 5.41) is 18.4. The molecule has 2 aromatic rings. The zero-order chi connectivity index (χ0) is 14.5. The summed E-state index contributed by atoms with van der Waals surface area (Å²) in [6, 6.07) is 13.1. The summed E-state index contributed by atoms with van der Waals surface area (Å²) in [7, 11) is 0. The maximum absolute atomic E-state index is 14.2. The zero-order valence-electron chi connectivity index (χ0n) is 11.2. The maximum atomic E-state index is 14.2. The SMILES string of the molecule is CC1(C)c2ccccc2-c2cc(C#N)c(F)c(C#N)c21. The Kier molecular flexibility index (Phi) is 2.43. The normalized spacial score (nSPS) is 14.1. The first kappa shape index (κ1) is 12.4. The third kappa shape index (κ3) is 1.35. The molecule has 0 spiro atoms. The van der Waals surface area contributed by atoms with Crippen LogP contribution in [0.15, 0.2) is 30.3 Å². The van der Waals surface area contributed by atoms with E-state index in [1.165, 1.54) is 0 Å². The van der Waals surface area contributed by atoms with Crippen molar-refractivity contribution in [1.29, 1.82) is 10.5 Å². The van der Waals surface area contributed by atoms with E-state index >= 15 is 0 Å². The van der Waals surface area contributed by atoms with Crippen molar-refractivity contribution in [2.45, 2.75) is 19.3 Å². The lowest BCUT2D eigenvalue weighted by molar-refractivity contribution is 0.601. The molecule has 1 aliphatic carbocycles. The highest BCUT2D eigenvalue weighted by molar-refractivity contribution is 5.84. The molecule has 0 saturated heterocycles. The fourth-order valence-corrected chi connectivity index (χ4v) is 3.10. The van der Waals surface area contributed by atoms with Crippen molar-refractivity contribution in [3.8, 4) is 23.3 Å². The predicted octanol–water partition coefficient (Wildman–Crippen LogP) is 3.88. The Morgan fingerprint density at radius 3 is 2.40 bits per heavy atom. The third-order valence-electron chi connectivity index (χ3n) is 4.01. The second-order valence-corrected chi connectivity index (χ2v) is 5.43. The van der Waals surface area contributed by atoms with Crippen molar-refractivity contribution in [2.24, 2.45) is 0 Å². The van der Waals surface area contributed by atoms with Crippen molar-refractivity contribution in [1.82, 2.24) is 0 Å². The molecule has 0 unspecified atom stereocenters. The molecule has 0 saturated carbocycles. The highest BCUT2D eigenvalue weighted by atomic mass is 19.1. The van der Waals surface area contributed by atoms with Crippen molar-refractivity contribution in [2.75, 3.05) is 0 Å². The zero-order valence-corrected chi connectivity index (χ0v) is 11.2. The Hall–Kier alpha value is -2.65. The standard InChI is InChI=1S/C17H11FN2/c1-17(2)14-6-4-3-5-11(14)12-7-10(8-19)16(18)13(9-20)15(12)17/h3-7H,1-2H3. The van der Waals surface area contributed by atoms with Gasteiger partial charge in [0.05, 0.1) is 11.1 Å². The van der Waals surface area contributed by atoms with Crippen molar-refractivity contribution in [3.05, 3.63) is 58.4 Å². The molecule has 1 aliphatic rings. The Balaban J connectivity index is 2.51. The average molecular weight is 262 g/mol. The summed E-state index contributed by atoms with van der Waals surface area (Å²) in [5.41, 5.74) is 2.97. The maximum Gasteiger partial charge on any atom is 0.159 e. The van der Waals surface area contributed by atoms with Crippen molar-refractivity contribution >= 4 is 0 Å². The highest BCUT2D eigenvalue weighted by Gasteiger charge is 2.39. The fraction of sp³-hybridized carbons (Fsp3) is 0.176. The minimum atomic E-state index is -0.713. The van der Waals surface area contributed by atoms with Crippen LogP contribution in [0.5, 0.6) is 0 Å². The fourth-order valence-electron chi connectivity index (χ4n) is 3.10. The van der Waals surface area contributed by atoms with Crippen LogP contribution in [0.1, 0.15) is 36.1 Å². The van der Waals surface area contributed by atoms with Gasteiger partial charge in [0.15, 0.2) is 5.82 Å². The van der Waals surface area contributed by atoms with E-state index in [0.717, 1.165) is 16.7 Å². The van der Waals surface area contributed by atoms with Gasteiger partial charge in [-0.25, -0.2) is 4.39 Å². The molecule has 0 fully saturated rings. The topological polar surface area (TPSA) is 47.6 Å². The molecule has 0 radical (unpaired) electrons. The van der Waals surface area contributed by atoms with Gasteiger partial charge in [0, 0.05) is 5.41 Å². The molecule has 0 bridgehead atoms. The van der Waals surface area contributed by atoms with Crippen LogP contribution in [-0.4, -0.2) is 0 Å². The monoisotopic (exact) mass is 262 g/mol. The van der Waals surface area contributed by atoms with Crippen LogP contribution in [-0.2, 0) is 5.41 Å². The van der Waals surface area contributed by atoms with E-state index in [0.29, 0.717) is 5.56 Å². The van der Waals surface area contributed by atoms with Gasteiger partial charge >= 0.3 is 0 Å². The summed E-state index contributed by atoms with van der Waals surface area (Å²) < 4.78 is 14.2.